The average molecular weight is 478 g/mol. The first-order valence-corrected chi connectivity index (χ1v) is 11.2. The van der Waals surface area contributed by atoms with E-state index in [2.05, 4.69) is 23.1 Å². The molecule has 2 amide bonds. The van der Waals surface area contributed by atoms with Crippen molar-refractivity contribution < 1.29 is 19.1 Å². The summed E-state index contributed by atoms with van der Waals surface area (Å²) in [6.07, 6.45) is 4.53. The Kier molecular flexibility index (Phi) is 10.8. The summed E-state index contributed by atoms with van der Waals surface area (Å²) < 4.78 is 11.1. The van der Waals surface area contributed by atoms with Crippen molar-refractivity contribution in [3.63, 3.8) is 0 Å². The van der Waals surface area contributed by atoms with Crippen molar-refractivity contribution in [2.75, 3.05) is 13.2 Å². The molecule has 0 aliphatic rings. The van der Waals surface area contributed by atoms with Crippen LogP contribution in [0.4, 0.5) is 0 Å². The molecular formula is C23H28ClN3O4S. The van der Waals surface area contributed by atoms with Crippen molar-refractivity contribution in [3.05, 3.63) is 58.6 Å². The van der Waals surface area contributed by atoms with E-state index in [0.717, 1.165) is 18.4 Å². The second-order valence-corrected chi connectivity index (χ2v) is 7.93. The number of thiocarbonyl (C=S) groups is 1. The zero-order valence-corrected chi connectivity index (χ0v) is 19.8. The monoisotopic (exact) mass is 477 g/mol. The molecule has 0 unspecified atom stereocenters. The summed E-state index contributed by atoms with van der Waals surface area (Å²) in [5.41, 5.74) is 6.08. The molecule has 2 aromatic carbocycles. The standard InChI is InChI=1S/C23H28ClN3O4S/c1-3-4-5-6-13-30-19-10-7-17(8-11-19)22(29)25-23(32)27-26-21(28)15-31-20-12-9-18(24)14-16(20)2/h7-12,14H,3-6,13,15H2,1-2H3,(H,26,28)(H2,25,27,29,32). The number of rotatable bonds is 10. The van der Waals surface area contributed by atoms with Crippen molar-refractivity contribution >= 4 is 40.7 Å². The molecule has 0 saturated carbocycles. The average Bonchev–Trinajstić information content (AvgIpc) is 2.77. The molecule has 9 heteroatoms. The molecule has 0 bridgehead atoms. The van der Waals surface area contributed by atoms with Crippen molar-refractivity contribution in [2.45, 2.75) is 39.5 Å². The maximum atomic E-state index is 12.3. The molecule has 0 aliphatic heterocycles. The lowest BCUT2D eigenvalue weighted by molar-refractivity contribution is -0.123. The van der Waals surface area contributed by atoms with Gasteiger partial charge in [0.25, 0.3) is 11.8 Å². The molecule has 0 aromatic heterocycles. The summed E-state index contributed by atoms with van der Waals surface area (Å²) in [4.78, 5) is 24.2. The molecule has 0 spiro atoms. The first-order chi connectivity index (χ1) is 15.4. The summed E-state index contributed by atoms with van der Waals surface area (Å²) in [5, 5.41) is 3.05. The van der Waals surface area contributed by atoms with E-state index in [4.69, 9.17) is 33.3 Å². The van der Waals surface area contributed by atoms with E-state index in [-0.39, 0.29) is 11.7 Å². The molecule has 2 aromatic rings. The van der Waals surface area contributed by atoms with E-state index in [0.29, 0.717) is 28.7 Å². The van der Waals surface area contributed by atoms with Crippen LogP contribution in [0.3, 0.4) is 0 Å². The van der Waals surface area contributed by atoms with Crippen molar-refractivity contribution in [2.24, 2.45) is 0 Å². The number of halogens is 1. The quantitative estimate of drug-likeness (QED) is 0.268. The van der Waals surface area contributed by atoms with Crippen LogP contribution in [0.5, 0.6) is 11.5 Å². The van der Waals surface area contributed by atoms with Gasteiger partial charge in [-0.1, -0.05) is 37.8 Å². The van der Waals surface area contributed by atoms with Gasteiger partial charge in [-0.2, -0.15) is 0 Å². The third-order valence-corrected chi connectivity index (χ3v) is 4.86. The SMILES string of the molecule is CCCCCCOc1ccc(C(=O)NC(=S)NNC(=O)COc2ccc(Cl)cc2C)cc1. The highest BCUT2D eigenvalue weighted by molar-refractivity contribution is 7.80. The number of aryl methyl sites for hydroxylation is 1. The number of hydrazine groups is 1. The highest BCUT2D eigenvalue weighted by Gasteiger charge is 2.10. The van der Waals surface area contributed by atoms with E-state index >= 15 is 0 Å². The van der Waals surface area contributed by atoms with Crippen LogP contribution in [-0.2, 0) is 4.79 Å². The van der Waals surface area contributed by atoms with Gasteiger partial charge in [-0.15, -0.1) is 0 Å². The van der Waals surface area contributed by atoms with Crippen molar-refractivity contribution in [1.29, 1.82) is 0 Å². The lowest BCUT2D eigenvalue weighted by atomic mass is 10.2. The van der Waals surface area contributed by atoms with E-state index < -0.39 is 11.8 Å². The Bertz CT molecular complexity index is 922. The highest BCUT2D eigenvalue weighted by atomic mass is 35.5. The fourth-order valence-electron chi connectivity index (χ4n) is 2.71. The number of amides is 2. The minimum Gasteiger partial charge on any atom is -0.494 e. The number of hydrogen-bond acceptors (Lipinski definition) is 5. The predicted octanol–water partition coefficient (Wildman–Crippen LogP) is 4.32. The van der Waals surface area contributed by atoms with Gasteiger partial charge in [0.1, 0.15) is 11.5 Å². The van der Waals surface area contributed by atoms with E-state index in [1.807, 2.05) is 6.92 Å². The molecule has 3 N–H and O–H groups in total. The number of ether oxygens (including phenoxy) is 2. The Labute approximate surface area is 198 Å². The first kappa shape index (κ1) is 25.4. The van der Waals surface area contributed by atoms with Gasteiger partial charge in [0.15, 0.2) is 11.7 Å². The molecule has 0 aliphatic carbocycles. The number of carbonyl (C=O) groups excluding carboxylic acids is 2. The maximum absolute atomic E-state index is 12.3. The van der Waals surface area contributed by atoms with Crippen LogP contribution in [0.25, 0.3) is 0 Å². The van der Waals surface area contributed by atoms with Crippen LogP contribution in [-0.4, -0.2) is 30.1 Å². The molecule has 172 valence electrons. The number of hydrogen-bond donors (Lipinski definition) is 3. The van der Waals surface area contributed by atoms with Crippen molar-refractivity contribution in [3.8, 4) is 11.5 Å². The predicted molar refractivity (Wildman–Crippen MR) is 129 cm³/mol. The van der Waals surface area contributed by atoms with Gasteiger partial charge in [0.05, 0.1) is 6.61 Å². The van der Waals surface area contributed by atoms with Crippen molar-refractivity contribution in [1.82, 2.24) is 16.2 Å². The van der Waals surface area contributed by atoms with Gasteiger partial charge >= 0.3 is 0 Å². The van der Waals surface area contributed by atoms with Gasteiger partial charge in [0.2, 0.25) is 0 Å². The van der Waals surface area contributed by atoms with E-state index in [9.17, 15) is 9.59 Å². The van der Waals surface area contributed by atoms with Crippen LogP contribution in [0.15, 0.2) is 42.5 Å². The van der Waals surface area contributed by atoms with Gasteiger partial charge in [-0.05, 0) is 73.6 Å². The molecule has 2 rings (SSSR count). The molecule has 0 saturated heterocycles. The van der Waals surface area contributed by atoms with E-state index in [1.165, 1.54) is 12.8 Å². The normalized spacial score (nSPS) is 10.2. The Balaban J connectivity index is 1.69. The lowest BCUT2D eigenvalue weighted by Crippen LogP contribution is -2.49. The van der Waals surface area contributed by atoms with Gasteiger partial charge < -0.3 is 9.47 Å². The Hall–Kier alpha value is -2.84. The summed E-state index contributed by atoms with van der Waals surface area (Å²) in [7, 11) is 0. The van der Waals surface area contributed by atoms with Crippen LogP contribution < -0.4 is 25.6 Å². The van der Waals surface area contributed by atoms with Crippen LogP contribution in [0.1, 0.15) is 48.5 Å². The third kappa shape index (κ3) is 9.11. The number of carbonyl (C=O) groups is 2. The molecule has 0 atom stereocenters. The Morgan fingerprint density at radius 3 is 2.44 bits per heavy atom. The first-order valence-electron chi connectivity index (χ1n) is 10.4. The fourth-order valence-corrected chi connectivity index (χ4v) is 3.08. The summed E-state index contributed by atoms with van der Waals surface area (Å²) >= 11 is 10.9. The Morgan fingerprint density at radius 1 is 1.00 bits per heavy atom. The molecular weight excluding hydrogens is 450 g/mol. The van der Waals surface area contributed by atoms with Crippen LogP contribution in [0, 0.1) is 6.92 Å². The van der Waals surface area contributed by atoms with Gasteiger partial charge in [-0.3, -0.25) is 25.8 Å². The topological polar surface area (TPSA) is 88.7 Å². The smallest absolute Gasteiger partial charge is 0.276 e. The minimum absolute atomic E-state index is 0.0396. The minimum atomic E-state index is -0.462. The number of benzene rings is 2. The molecule has 32 heavy (non-hydrogen) atoms. The molecule has 7 nitrogen and oxygen atoms in total. The molecule has 0 fully saturated rings. The summed E-state index contributed by atoms with van der Waals surface area (Å²) in [6.45, 7) is 4.42. The maximum Gasteiger partial charge on any atom is 0.276 e. The van der Waals surface area contributed by atoms with Gasteiger partial charge in [-0.25, -0.2) is 0 Å². The fraction of sp³-hybridized carbons (Fsp3) is 0.348. The second kappa shape index (κ2) is 13.5. The van der Waals surface area contributed by atoms with Crippen LogP contribution >= 0.6 is 23.8 Å². The molecule has 0 radical (unpaired) electrons. The zero-order valence-electron chi connectivity index (χ0n) is 18.2. The van der Waals surface area contributed by atoms with Crippen LogP contribution in [0.2, 0.25) is 5.02 Å². The molecule has 0 heterocycles. The van der Waals surface area contributed by atoms with Gasteiger partial charge in [0, 0.05) is 10.6 Å². The largest absolute Gasteiger partial charge is 0.494 e. The lowest BCUT2D eigenvalue weighted by Gasteiger charge is -2.12. The second-order valence-electron chi connectivity index (χ2n) is 7.09. The summed E-state index contributed by atoms with van der Waals surface area (Å²) in [6, 6.07) is 11.9. The zero-order chi connectivity index (χ0) is 23.3. The number of unbranched alkanes of at least 4 members (excludes halogenated alkanes) is 3. The third-order valence-electron chi connectivity index (χ3n) is 4.42. The Morgan fingerprint density at radius 2 is 1.75 bits per heavy atom. The highest BCUT2D eigenvalue weighted by Crippen LogP contribution is 2.21. The number of nitrogens with one attached hydrogen (secondary N) is 3. The van der Waals surface area contributed by atoms with E-state index in [1.54, 1.807) is 42.5 Å². The summed E-state index contributed by atoms with van der Waals surface area (Å²) in [5.74, 6) is 0.395.